The van der Waals surface area contributed by atoms with Crippen LogP contribution >= 0.6 is 0 Å². The zero-order chi connectivity index (χ0) is 18.1. The van der Waals surface area contributed by atoms with Crippen LogP contribution in [-0.4, -0.2) is 44.2 Å². The summed E-state index contributed by atoms with van der Waals surface area (Å²) in [5.74, 6) is 0.512. The van der Waals surface area contributed by atoms with E-state index in [0.29, 0.717) is 30.0 Å². The van der Waals surface area contributed by atoms with Crippen molar-refractivity contribution in [1.29, 1.82) is 0 Å². The van der Waals surface area contributed by atoms with E-state index in [4.69, 9.17) is 4.52 Å². The molecule has 1 amide bonds. The summed E-state index contributed by atoms with van der Waals surface area (Å²) >= 11 is 0. The zero-order valence-electron chi connectivity index (χ0n) is 14.4. The molecular weight excluding hydrogens is 334 g/mol. The van der Waals surface area contributed by atoms with Gasteiger partial charge in [-0.3, -0.25) is 9.59 Å². The molecule has 0 radical (unpaired) electrons. The van der Waals surface area contributed by atoms with E-state index in [-0.39, 0.29) is 17.4 Å². The number of amides is 1. The second kappa shape index (κ2) is 6.70. The molecule has 0 unspecified atom stereocenters. The molecular formula is C18H19N5O3. The third kappa shape index (κ3) is 2.87. The highest BCUT2D eigenvalue weighted by molar-refractivity contribution is 5.91. The number of nitrogens with zero attached hydrogens (tertiary/aromatic N) is 4. The average Bonchev–Trinajstić information content (AvgIpc) is 3.22. The van der Waals surface area contributed by atoms with E-state index in [1.165, 1.54) is 6.39 Å². The first-order valence-electron chi connectivity index (χ1n) is 8.67. The van der Waals surface area contributed by atoms with Gasteiger partial charge in [-0.05, 0) is 25.8 Å². The van der Waals surface area contributed by atoms with Gasteiger partial charge in [0.15, 0.2) is 5.82 Å². The Kier molecular flexibility index (Phi) is 4.24. The highest BCUT2D eigenvalue weighted by Crippen LogP contribution is 2.28. The fraction of sp³-hybridized carbons (Fsp3) is 0.389. The summed E-state index contributed by atoms with van der Waals surface area (Å²) in [5, 5.41) is 11.8. The molecule has 8 heteroatoms. The molecule has 0 aliphatic carbocycles. The van der Waals surface area contributed by atoms with Crippen LogP contribution in [-0.2, 0) is 4.79 Å². The van der Waals surface area contributed by atoms with Gasteiger partial charge in [0.2, 0.25) is 12.3 Å². The summed E-state index contributed by atoms with van der Waals surface area (Å²) in [6.45, 7) is 3.12. The lowest BCUT2D eigenvalue weighted by Gasteiger charge is -2.32. The highest BCUT2D eigenvalue weighted by atomic mass is 16.5. The lowest BCUT2D eigenvalue weighted by atomic mass is 9.94. The molecule has 1 atom stereocenters. The van der Waals surface area contributed by atoms with E-state index in [1.807, 2.05) is 24.0 Å². The van der Waals surface area contributed by atoms with Crippen molar-refractivity contribution in [2.45, 2.75) is 31.6 Å². The fourth-order valence-corrected chi connectivity index (χ4v) is 3.57. The normalized spacial score (nSPS) is 16.7. The van der Waals surface area contributed by atoms with Gasteiger partial charge < -0.3 is 9.42 Å². The SMILES string of the molecule is C[C@@H](C(=O)N1CCC(c2ncon2)CC1)c1n[nH]c(=O)c2ccccc12. The van der Waals surface area contributed by atoms with Crippen molar-refractivity contribution in [2.24, 2.45) is 0 Å². The second-order valence-electron chi connectivity index (χ2n) is 6.59. The molecule has 0 spiro atoms. The Morgan fingerprint density at radius 3 is 2.69 bits per heavy atom. The third-order valence-corrected chi connectivity index (χ3v) is 5.06. The Hall–Kier alpha value is -3.03. The first-order valence-corrected chi connectivity index (χ1v) is 8.67. The predicted octanol–water partition coefficient (Wildman–Crippen LogP) is 1.82. The lowest BCUT2D eigenvalue weighted by molar-refractivity contribution is -0.133. The Balaban J connectivity index is 1.52. The minimum Gasteiger partial charge on any atom is -0.343 e. The molecule has 1 aliphatic rings. The van der Waals surface area contributed by atoms with E-state index in [0.717, 1.165) is 18.2 Å². The topological polar surface area (TPSA) is 105 Å². The minimum atomic E-state index is -0.432. The number of fused-ring (bicyclic) bond motifs is 1. The number of hydrogen-bond donors (Lipinski definition) is 1. The monoisotopic (exact) mass is 353 g/mol. The fourth-order valence-electron chi connectivity index (χ4n) is 3.57. The second-order valence-corrected chi connectivity index (χ2v) is 6.59. The van der Waals surface area contributed by atoms with Gasteiger partial charge in [0, 0.05) is 24.4 Å². The molecule has 1 N–H and O–H groups in total. The van der Waals surface area contributed by atoms with Crippen molar-refractivity contribution in [3.8, 4) is 0 Å². The van der Waals surface area contributed by atoms with E-state index in [2.05, 4.69) is 20.3 Å². The largest absolute Gasteiger partial charge is 0.343 e. The highest BCUT2D eigenvalue weighted by Gasteiger charge is 2.30. The number of likely N-dealkylation sites (tertiary alicyclic amines) is 1. The molecule has 4 rings (SSSR count). The number of nitrogens with one attached hydrogen (secondary N) is 1. The molecule has 0 saturated carbocycles. The molecule has 3 aromatic rings. The Morgan fingerprint density at radius 1 is 1.27 bits per heavy atom. The van der Waals surface area contributed by atoms with Gasteiger partial charge >= 0.3 is 0 Å². The number of benzene rings is 1. The van der Waals surface area contributed by atoms with Crippen LogP contribution in [0.2, 0.25) is 0 Å². The van der Waals surface area contributed by atoms with Crippen LogP contribution in [0.15, 0.2) is 40.0 Å². The third-order valence-electron chi connectivity index (χ3n) is 5.06. The minimum absolute atomic E-state index is 0.0151. The zero-order valence-corrected chi connectivity index (χ0v) is 14.4. The molecule has 2 aromatic heterocycles. The van der Waals surface area contributed by atoms with Gasteiger partial charge in [-0.25, -0.2) is 5.10 Å². The molecule has 134 valence electrons. The Bertz CT molecular complexity index is 974. The molecule has 0 bridgehead atoms. The first-order chi connectivity index (χ1) is 12.6. The van der Waals surface area contributed by atoms with Crippen LogP contribution in [0.1, 0.15) is 43.1 Å². The van der Waals surface area contributed by atoms with Crippen molar-refractivity contribution in [1.82, 2.24) is 25.2 Å². The number of H-pyrrole nitrogens is 1. The molecule has 1 fully saturated rings. The molecule has 1 aliphatic heterocycles. The number of piperidine rings is 1. The lowest BCUT2D eigenvalue weighted by Crippen LogP contribution is -2.40. The summed E-state index contributed by atoms with van der Waals surface area (Å²) < 4.78 is 4.81. The summed E-state index contributed by atoms with van der Waals surface area (Å²) in [6, 6.07) is 7.23. The van der Waals surface area contributed by atoms with Crippen molar-refractivity contribution in [3.05, 3.63) is 52.5 Å². The van der Waals surface area contributed by atoms with Gasteiger partial charge in [-0.2, -0.15) is 10.1 Å². The van der Waals surface area contributed by atoms with Gasteiger partial charge in [0.25, 0.3) is 5.56 Å². The molecule has 26 heavy (non-hydrogen) atoms. The van der Waals surface area contributed by atoms with E-state index in [9.17, 15) is 9.59 Å². The van der Waals surface area contributed by atoms with Crippen LogP contribution in [0.5, 0.6) is 0 Å². The summed E-state index contributed by atoms with van der Waals surface area (Å²) in [6.07, 6.45) is 2.94. The molecule has 1 saturated heterocycles. The smallest absolute Gasteiger partial charge is 0.272 e. The Morgan fingerprint density at radius 2 is 2.00 bits per heavy atom. The van der Waals surface area contributed by atoms with E-state index >= 15 is 0 Å². The summed E-state index contributed by atoms with van der Waals surface area (Å²) in [4.78, 5) is 30.9. The number of aromatic amines is 1. The van der Waals surface area contributed by atoms with Gasteiger partial charge in [0.1, 0.15) is 0 Å². The van der Waals surface area contributed by atoms with Crippen molar-refractivity contribution in [2.75, 3.05) is 13.1 Å². The predicted molar refractivity (Wildman–Crippen MR) is 93.6 cm³/mol. The standard InChI is InChI=1S/C18H19N5O3/c1-11(15-13-4-2-3-5-14(13)17(24)21-20-15)18(25)23-8-6-12(7-9-23)16-19-10-26-22-16/h2-5,10-12H,6-9H2,1H3,(H,21,24)/t11-/m1/s1. The van der Waals surface area contributed by atoms with E-state index in [1.54, 1.807) is 12.1 Å². The molecule has 3 heterocycles. The number of rotatable bonds is 3. The maximum absolute atomic E-state index is 13.0. The maximum Gasteiger partial charge on any atom is 0.272 e. The van der Waals surface area contributed by atoms with Gasteiger partial charge in [-0.1, -0.05) is 23.4 Å². The van der Waals surface area contributed by atoms with Crippen molar-refractivity contribution in [3.63, 3.8) is 0 Å². The summed E-state index contributed by atoms with van der Waals surface area (Å²) in [7, 11) is 0. The number of carbonyl (C=O) groups is 1. The van der Waals surface area contributed by atoms with Crippen LogP contribution in [0.4, 0.5) is 0 Å². The Labute approximate surface area is 149 Å². The van der Waals surface area contributed by atoms with Crippen LogP contribution in [0.25, 0.3) is 10.8 Å². The number of hydrogen-bond acceptors (Lipinski definition) is 6. The number of carbonyl (C=O) groups excluding carboxylic acids is 1. The van der Waals surface area contributed by atoms with Crippen LogP contribution < -0.4 is 5.56 Å². The molecule has 8 nitrogen and oxygen atoms in total. The quantitative estimate of drug-likeness (QED) is 0.770. The first kappa shape index (κ1) is 16.4. The van der Waals surface area contributed by atoms with Crippen molar-refractivity contribution >= 4 is 16.7 Å². The van der Waals surface area contributed by atoms with Gasteiger partial charge in [-0.15, -0.1) is 0 Å². The van der Waals surface area contributed by atoms with Crippen LogP contribution in [0.3, 0.4) is 0 Å². The average molecular weight is 353 g/mol. The van der Waals surface area contributed by atoms with Gasteiger partial charge in [0.05, 0.1) is 17.0 Å². The molecule has 1 aromatic carbocycles. The number of aromatic nitrogens is 4. The van der Waals surface area contributed by atoms with Crippen molar-refractivity contribution < 1.29 is 9.32 Å². The summed E-state index contributed by atoms with van der Waals surface area (Å²) in [5.41, 5.74) is 0.357. The maximum atomic E-state index is 13.0. The van der Waals surface area contributed by atoms with Crippen LogP contribution in [0, 0.1) is 0 Å². The van der Waals surface area contributed by atoms with E-state index < -0.39 is 5.92 Å².